The number of benzene rings is 1. The first-order valence-corrected chi connectivity index (χ1v) is 8.59. The van der Waals surface area contributed by atoms with Crippen molar-refractivity contribution in [3.05, 3.63) is 41.0 Å². The molecule has 0 aromatic heterocycles. The predicted molar refractivity (Wildman–Crippen MR) is 93.6 cm³/mol. The van der Waals surface area contributed by atoms with Crippen LogP contribution in [-0.2, 0) is 6.54 Å². The van der Waals surface area contributed by atoms with Crippen LogP contribution in [-0.4, -0.2) is 43.0 Å². The van der Waals surface area contributed by atoms with E-state index in [1.807, 2.05) is 0 Å². The molecule has 2 fully saturated rings. The molecule has 3 heteroatoms. The Morgan fingerprint density at radius 2 is 1.95 bits per heavy atom. The molecule has 2 aliphatic rings. The largest absolute Gasteiger partial charge is 0.324 e. The Bertz CT molecular complexity index is 523. The van der Waals surface area contributed by atoms with Crippen LogP contribution in [0, 0.1) is 5.92 Å². The van der Waals surface area contributed by atoms with Gasteiger partial charge in [0.15, 0.2) is 0 Å². The van der Waals surface area contributed by atoms with E-state index in [0.717, 1.165) is 12.5 Å². The number of nitrogens with two attached hydrogens (primary N) is 1. The number of allylic oxidation sites excluding steroid dienone is 1. The summed E-state index contributed by atoms with van der Waals surface area (Å²) >= 11 is 0. The molecule has 1 aromatic carbocycles. The number of nitrogens with zero attached hydrogens (tertiary/aromatic N) is 2. The molecule has 0 radical (unpaired) electrons. The number of hydrogen-bond acceptors (Lipinski definition) is 3. The molecular weight excluding hydrogens is 270 g/mol. The van der Waals surface area contributed by atoms with E-state index in [9.17, 15) is 0 Å². The molecule has 1 unspecified atom stereocenters. The number of likely N-dealkylation sites (N-methyl/N-ethyl adjacent to an activating group) is 1. The highest BCUT2D eigenvalue weighted by Gasteiger charge is 2.18. The third-order valence-corrected chi connectivity index (χ3v) is 4.81. The number of piperazine rings is 1. The van der Waals surface area contributed by atoms with Crippen LogP contribution in [0.5, 0.6) is 0 Å². The molecule has 1 saturated carbocycles. The van der Waals surface area contributed by atoms with Gasteiger partial charge in [0.1, 0.15) is 0 Å². The van der Waals surface area contributed by atoms with Gasteiger partial charge in [0, 0.05) is 38.8 Å². The van der Waals surface area contributed by atoms with E-state index in [1.54, 1.807) is 0 Å². The van der Waals surface area contributed by atoms with E-state index >= 15 is 0 Å². The SMILES string of the molecule is CC(N)c1ccc(CN2CCN(C)CC2)cc1/C=C/C1CC1. The monoisotopic (exact) mass is 299 g/mol. The molecule has 0 bridgehead atoms. The van der Waals surface area contributed by atoms with Gasteiger partial charge >= 0.3 is 0 Å². The first-order valence-electron chi connectivity index (χ1n) is 8.59. The molecule has 0 spiro atoms. The molecule has 1 aromatic rings. The van der Waals surface area contributed by atoms with Gasteiger partial charge in [-0.3, -0.25) is 4.90 Å². The second kappa shape index (κ2) is 6.95. The average Bonchev–Trinajstić information content (AvgIpc) is 3.32. The minimum atomic E-state index is 0.0940. The summed E-state index contributed by atoms with van der Waals surface area (Å²) in [5.74, 6) is 0.808. The number of rotatable bonds is 5. The Kier molecular flexibility index (Phi) is 4.97. The van der Waals surface area contributed by atoms with Crippen molar-refractivity contribution in [2.75, 3.05) is 33.2 Å². The summed E-state index contributed by atoms with van der Waals surface area (Å²) in [6.45, 7) is 7.80. The fourth-order valence-electron chi connectivity index (χ4n) is 3.07. The summed E-state index contributed by atoms with van der Waals surface area (Å²) in [6.07, 6.45) is 7.36. The second-order valence-corrected chi connectivity index (χ2v) is 7.03. The third kappa shape index (κ3) is 4.19. The van der Waals surface area contributed by atoms with Crippen molar-refractivity contribution in [3.63, 3.8) is 0 Å². The van der Waals surface area contributed by atoms with E-state index in [0.29, 0.717) is 0 Å². The Labute approximate surface area is 134 Å². The van der Waals surface area contributed by atoms with Crippen LogP contribution >= 0.6 is 0 Å². The maximum atomic E-state index is 6.14. The molecule has 1 heterocycles. The fourth-order valence-corrected chi connectivity index (χ4v) is 3.07. The molecule has 3 nitrogen and oxygen atoms in total. The van der Waals surface area contributed by atoms with E-state index in [4.69, 9.17) is 5.73 Å². The highest BCUT2D eigenvalue weighted by molar-refractivity contribution is 5.56. The Morgan fingerprint density at radius 3 is 2.59 bits per heavy atom. The summed E-state index contributed by atoms with van der Waals surface area (Å²) in [4.78, 5) is 4.95. The van der Waals surface area contributed by atoms with Crippen molar-refractivity contribution in [2.24, 2.45) is 11.7 Å². The summed E-state index contributed by atoms with van der Waals surface area (Å²) < 4.78 is 0. The minimum Gasteiger partial charge on any atom is -0.324 e. The van der Waals surface area contributed by atoms with Gasteiger partial charge in [-0.25, -0.2) is 0 Å². The molecule has 120 valence electrons. The van der Waals surface area contributed by atoms with Gasteiger partial charge in [-0.15, -0.1) is 0 Å². The lowest BCUT2D eigenvalue weighted by molar-refractivity contribution is 0.148. The van der Waals surface area contributed by atoms with Gasteiger partial charge in [-0.2, -0.15) is 0 Å². The standard InChI is InChI=1S/C19H29N3/c1-15(20)19-8-6-17(13-18(19)7-5-16-3-4-16)14-22-11-9-21(2)10-12-22/h5-8,13,15-16H,3-4,9-12,14,20H2,1-2H3/b7-5+. The highest BCUT2D eigenvalue weighted by Crippen LogP contribution is 2.31. The molecule has 1 aliphatic heterocycles. The molecule has 0 amide bonds. The summed E-state index contributed by atoms with van der Waals surface area (Å²) in [7, 11) is 2.20. The lowest BCUT2D eigenvalue weighted by Gasteiger charge is -2.32. The van der Waals surface area contributed by atoms with Gasteiger partial charge in [0.05, 0.1) is 0 Å². The first-order chi connectivity index (χ1) is 10.6. The van der Waals surface area contributed by atoms with Crippen LogP contribution in [0.15, 0.2) is 24.3 Å². The molecule has 1 atom stereocenters. The molecule has 3 rings (SSSR count). The maximum absolute atomic E-state index is 6.14. The summed E-state index contributed by atoms with van der Waals surface area (Å²) in [5, 5.41) is 0. The fraction of sp³-hybridized carbons (Fsp3) is 0.579. The van der Waals surface area contributed by atoms with Crippen LogP contribution in [0.1, 0.15) is 42.5 Å². The first kappa shape index (κ1) is 15.7. The van der Waals surface area contributed by atoms with Crippen molar-refractivity contribution < 1.29 is 0 Å². The van der Waals surface area contributed by atoms with Crippen LogP contribution in [0.2, 0.25) is 0 Å². The molecule has 1 saturated heterocycles. The topological polar surface area (TPSA) is 32.5 Å². The lowest BCUT2D eigenvalue weighted by atomic mass is 9.98. The van der Waals surface area contributed by atoms with Crippen molar-refractivity contribution in [2.45, 2.75) is 32.4 Å². The van der Waals surface area contributed by atoms with E-state index < -0.39 is 0 Å². The van der Waals surface area contributed by atoms with Gasteiger partial charge in [-0.1, -0.05) is 30.4 Å². The maximum Gasteiger partial charge on any atom is 0.0272 e. The van der Waals surface area contributed by atoms with Crippen LogP contribution in [0.25, 0.3) is 6.08 Å². The smallest absolute Gasteiger partial charge is 0.0272 e. The predicted octanol–water partition coefficient (Wildman–Crippen LogP) is 2.88. The van der Waals surface area contributed by atoms with Crippen LogP contribution in [0.3, 0.4) is 0 Å². The zero-order valence-electron chi connectivity index (χ0n) is 14.0. The zero-order chi connectivity index (χ0) is 15.5. The van der Waals surface area contributed by atoms with Crippen molar-refractivity contribution in [1.82, 2.24) is 9.80 Å². The van der Waals surface area contributed by atoms with Crippen molar-refractivity contribution >= 4 is 6.08 Å². The minimum absolute atomic E-state index is 0.0940. The van der Waals surface area contributed by atoms with E-state index in [1.165, 1.54) is 55.7 Å². The quantitative estimate of drug-likeness (QED) is 0.907. The van der Waals surface area contributed by atoms with Crippen molar-refractivity contribution in [3.8, 4) is 0 Å². The summed E-state index contributed by atoms with van der Waals surface area (Å²) in [6, 6.07) is 6.92. The third-order valence-electron chi connectivity index (χ3n) is 4.81. The average molecular weight is 299 g/mol. The van der Waals surface area contributed by atoms with Crippen molar-refractivity contribution in [1.29, 1.82) is 0 Å². The Hall–Kier alpha value is -1.16. The second-order valence-electron chi connectivity index (χ2n) is 7.03. The molecular formula is C19H29N3. The normalized spacial score (nSPS) is 22.3. The Balaban J connectivity index is 1.72. The lowest BCUT2D eigenvalue weighted by Crippen LogP contribution is -2.43. The summed E-state index contributed by atoms with van der Waals surface area (Å²) in [5.41, 5.74) is 10.1. The molecule has 2 N–H and O–H groups in total. The molecule has 1 aliphatic carbocycles. The van der Waals surface area contributed by atoms with Gasteiger partial charge in [0.2, 0.25) is 0 Å². The van der Waals surface area contributed by atoms with E-state index in [2.05, 4.69) is 54.1 Å². The molecule has 22 heavy (non-hydrogen) atoms. The van der Waals surface area contributed by atoms with Gasteiger partial charge in [-0.05, 0) is 49.4 Å². The van der Waals surface area contributed by atoms with E-state index in [-0.39, 0.29) is 6.04 Å². The van der Waals surface area contributed by atoms with Gasteiger partial charge in [0.25, 0.3) is 0 Å². The highest BCUT2D eigenvalue weighted by atomic mass is 15.2. The Morgan fingerprint density at radius 1 is 1.23 bits per heavy atom. The zero-order valence-corrected chi connectivity index (χ0v) is 14.0. The van der Waals surface area contributed by atoms with Crippen LogP contribution in [0.4, 0.5) is 0 Å². The number of hydrogen-bond donors (Lipinski definition) is 1. The van der Waals surface area contributed by atoms with Gasteiger partial charge < -0.3 is 10.6 Å². The van der Waals surface area contributed by atoms with Crippen LogP contribution < -0.4 is 5.73 Å².